The molecule has 0 bridgehead atoms. The third-order valence-corrected chi connectivity index (χ3v) is 1.79. The van der Waals surface area contributed by atoms with Crippen LogP contribution in [-0.2, 0) is 17.5 Å². The predicted molar refractivity (Wildman–Crippen MR) is 44.2 cm³/mol. The lowest BCUT2D eigenvalue weighted by Gasteiger charge is -2.10. The third kappa shape index (κ3) is 3.17. The van der Waals surface area contributed by atoms with Crippen LogP contribution in [0.3, 0.4) is 0 Å². The van der Waals surface area contributed by atoms with E-state index in [-0.39, 0.29) is 13.0 Å². The lowest BCUT2D eigenvalue weighted by molar-refractivity contribution is -0.148. The van der Waals surface area contributed by atoms with Gasteiger partial charge in [0, 0.05) is 13.0 Å². The van der Waals surface area contributed by atoms with Crippen molar-refractivity contribution in [3.63, 3.8) is 0 Å². The molecule has 1 heterocycles. The molecule has 16 heavy (non-hydrogen) atoms. The van der Waals surface area contributed by atoms with E-state index >= 15 is 0 Å². The maximum Gasteiger partial charge on any atom is 0.453 e. The molecule has 0 saturated carbocycles. The number of aromatic nitrogens is 4. The van der Waals surface area contributed by atoms with Crippen LogP contribution in [0.25, 0.3) is 0 Å². The quantitative estimate of drug-likeness (QED) is 0.839. The second-order valence-corrected chi connectivity index (χ2v) is 3.39. The van der Waals surface area contributed by atoms with Crippen LogP contribution < -0.4 is 0 Å². The summed E-state index contributed by atoms with van der Waals surface area (Å²) < 4.78 is 37.5. The summed E-state index contributed by atoms with van der Waals surface area (Å²) in [7, 11) is 0. The molecule has 1 N–H and O–H groups in total. The summed E-state index contributed by atoms with van der Waals surface area (Å²) >= 11 is 0. The Morgan fingerprint density at radius 2 is 2.19 bits per heavy atom. The zero-order valence-electron chi connectivity index (χ0n) is 8.27. The first-order valence-corrected chi connectivity index (χ1v) is 4.36. The predicted octanol–water partition coefficient (Wildman–Crippen LogP) is 0.803. The van der Waals surface area contributed by atoms with Crippen molar-refractivity contribution in [1.82, 2.24) is 20.2 Å². The summed E-state index contributed by atoms with van der Waals surface area (Å²) in [5.74, 6) is -2.78. The average Bonchev–Trinajstić information content (AvgIpc) is 2.48. The molecule has 0 aliphatic rings. The van der Waals surface area contributed by atoms with E-state index in [0.717, 1.165) is 0 Å². The van der Waals surface area contributed by atoms with Gasteiger partial charge in [-0.3, -0.25) is 4.79 Å². The van der Waals surface area contributed by atoms with E-state index in [0.29, 0.717) is 4.68 Å². The smallest absolute Gasteiger partial charge is 0.453 e. The van der Waals surface area contributed by atoms with Gasteiger partial charge in [-0.15, -0.1) is 5.10 Å². The van der Waals surface area contributed by atoms with Gasteiger partial charge in [0.2, 0.25) is 0 Å². The first kappa shape index (κ1) is 12.4. The highest BCUT2D eigenvalue weighted by atomic mass is 19.4. The van der Waals surface area contributed by atoms with Gasteiger partial charge in [0.1, 0.15) is 0 Å². The Hall–Kier alpha value is -1.67. The number of carbonyl (C=O) groups is 1. The lowest BCUT2D eigenvalue weighted by atomic mass is 10.1. The summed E-state index contributed by atoms with van der Waals surface area (Å²) in [5.41, 5.74) is 0. The standard InChI is InChI=1S/C7H9F3N4O2/c1-4(2-5(15)16)3-14-6(7(8,9)10)11-12-13-14/h4H,2-3H2,1H3,(H,15,16). The number of carboxylic acid groups (broad SMARTS) is 1. The van der Waals surface area contributed by atoms with Crippen LogP contribution in [0.1, 0.15) is 19.2 Å². The molecule has 1 aromatic rings. The molecular weight excluding hydrogens is 229 g/mol. The highest BCUT2D eigenvalue weighted by molar-refractivity contribution is 5.66. The summed E-state index contributed by atoms with van der Waals surface area (Å²) in [4.78, 5) is 10.3. The van der Waals surface area contributed by atoms with Crippen LogP contribution in [0.4, 0.5) is 13.2 Å². The minimum atomic E-state index is -4.63. The summed E-state index contributed by atoms with van der Waals surface area (Å²) in [6, 6.07) is 0. The van der Waals surface area contributed by atoms with Crippen molar-refractivity contribution in [3.05, 3.63) is 5.82 Å². The largest absolute Gasteiger partial charge is 0.481 e. The SMILES string of the molecule is CC(CC(=O)O)Cn1nnnc1C(F)(F)F. The fraction of sp³-hybridized carbons (Fsp3) is 0.714. The maximum atomic E-state index is 12.3. The Morgan fingerprint density at radius 3 is 2.69 bits per heavy atom. The summed E-state index contributed by atoms with van der Waals surface area (Å²) in [5, 5.41) is 17.4. The van der Waals surface area contributed by atoms with E-state index in [9.17, 15) is 18.0 Å². The number of rotatable bonds is 4. The van der Waals surface area contributed by atoms with Gasteiger partial charge in [0.25, 0.3) is 5.82 Å². The van der Waals surface area contributed by atoms with Crippen LogP contribution >= 0.6 is 0 Å². The average molecular weight is 238 g/mol. The second kappa shape index (κ2) is 4.45. The maximum absolute atomic E-state index is 12.3. The van der Waals surface area contributed by atoms with Gasteiger partial charge in [0.15, 0.2) is 0 Å². The number of hydrogen-bond donors (Lipinski definition) is 1. The highest BCUT2D eigenvalue weighted by Crippen LogP contribution is 2.26. The molecule has 9 heteroatoms. The molecule has 1 rings (SSSR count). The molecule has 0 aliphatic carbocycles. The van der Waals surface area contributed by atoms with Crippen molar-refractivity contribution in [3.8, 4) is 0 Å². The van der Waals surface area contributed by atoms with E-state index in [1.165, 1.54) is 6.92 Å². The van der Waals surface area contributed by atoms with Crippen LogP contribution in [0.5, 0.6) is 0 Å². The van der Waals surface area contributed by atoms with Crippen LogP contribution in [-0.4, -0.2) is 31.3 Å². The highest BCUT2D eigenvalue weighted by Gasteiger charge is 2.38. The van der Waals surface area contributed by atoms with Gasteiger partial charge in [-0.1, -0.05) is 6.92 Å². The molecule has 0 spiro atoms. The number of nitrogens with zero attached hydrogens (tertiary/aromatic N) is 4. The molecule has 1 unspecified atom stereocenters. The van der Waals surface area contributed by atoms with Crippen LogP contribution in [0.2, 0.25) is 0 Å². The van der Waals surface area contributed by atoms with Crippen molar-refractivity contribution >= 4 is 5.97 Å². The Bertz CT molecular complexity index is 376. The number of alkyl halides is 3. The zero-order valence-corrected chi connectivity index (χ0v) is 8.27. The molecule has 6 nitrogen and oxygen atoms in total. The van der Waals surface area contributed by atoms with Gasteiger partial charge >= 0.3 is 12.1 Å². The van der Waals surface area contributed by atoms with Gasteiger partial charge < -0.3 is 5.11 Å². The first-order chi connectivity index (χ1) is 7.30. The van der Waals surface area contributed by atoms with E-state index in [2.05, 4.69) is 15.5 Å². The normalized spacial score (nSPS) is 13.8. The topological polar surface area (TPSA) is 80.9 Å². The Balaban J connectivity index is 2.74. The molecule has 1 aromatic heterocycles. The van der Waals surface area contributed by atoms with E-state index < -0.39 is 23.9 Å². The Labute approximate surface area is 88.1 Å². The van der Waals surface area contributed by atoms with Gasteiger partial charge in [-0.05, 0) is 16.3 Å². The van der Waals surface area contributed by atoms with Gasteiger partial charge in [-0.2, -0.15) is 13.2 Å². The summed E-state index contributed by atoms with van der Waals surface area (Å²) in [6.07, 6.45) is -4.87. The number of hydrogen-bond acceptors (Lipinski definition) is 4. The molecule has 0 amide bonds. The monoisotopic (exact) mass is 238 g/mol. The first-order valence-electron chi connectivity index (χ1n) is 4.36. The van der Waals surface area contributed by atoms with Crippen LogP contribution in [0, 0.1) is 5.92 Å². The molecule has 0 saturated heterocycles. The molecule has 0 fully saturated rings. The molecular formula is C7H9F3N4O2. The fourth-order valence-corrected chi connectivity index (χ4v) is 1.19. The minimum absolute atomic E-state index is 0.186. The number of halogens is 3. The molecule has 1 atom stereocenters. The zero-order chi connectivity index (χ0) is 12.3. The van der Waals surface area contributed by atoms with E-state index in [4.69, 9.17) is 5.11 Å². The number of carboxylic acids is 1. The van der Waals surface area contributed by atoms with Crippen molar-refractivity contribution in [2.75, 3.05) is 0 Å². The lowest BCUT2D eigenvalue weighted by Crippen LogP contribution is -2.20. The number of aliphatic carboxylic acids is 1. The Morgan fingerprint density at radius 1 is 1.56 bits per heavy atom. The van der Waals surface area contributed by atoms with Crippen molar-refractivity contribution < 1.29 is 23.1 Å². The van der Waals surface area contributed by atoms with E-state index in [1.54, 1.807) is 0 Å². The Kier molecular flexibility index (Phi) is 3.45. The third-order valence-electron chi connectivity index (χ3n) is 1.79. The van der Waals surface area contributed by atoms with Crippen molar-refractivity contribution in [2.45, 2.75) is 26.1 Å². The van der Waals surface area contributed by atoms with Crippen molar-refractivity contribution in [2.24, 2.45) is 5.92 Å². The van der Waals surface area contributed by atoms with Gasteiger partial charge in [0.05, 0.1) is 0 Å². The fourth-order valence-electron chi connectivity index (χ4n) is 1.19. The summed E-state index contributed by atoms with van der Waals surface area (Å²) in [6.45, 7) is 1.32. The second-order valence-electron chi connectivity index (χ2n) is 3.39. The molecule has 0 radical (unpaired) electrons. The molecule has 90 valence electrons. The van der Waals surface area contributed by atoms with Gasteiger partial charge in [-0.25, -0.2) is 4.68 Å². The molecule has 0 aliphatic heterocycles. The van der Waals surface area contributed by atoms with E-state index in [1.807, 2.05) is 0 Å². The number of tetrazole rings is 1. The molecule has 0 aromatic carbocycles. The van der Waals surface area contributed by atoms with Crippen LogP contribution in [0.15, 0.2) is 0 Å². The van der Waals surface area contributed by atoms with Crippen molar-refractivity contribution in [1.29, 1.82) is 0 Å². The minimum Gasteiger partial charge on any atom is -0.481 e.